The van der Waals surface area contributed by atoms with Crippen molar-refractivity contribution in [2.75, 3.05) is 20.1 Å². The van der Waals surface area contributed by atoms with E-state index in [0.29, 0.717) is 13.0 Å². The molecule has 0 fully saturated rings. The lowest BCUT2D eigenvalue weighted by Crippen LogP contribution is -2.38. The molecular weight excluding hydrogens is 332 g/mol. The zero-order valence-electron chi connectivity index (χ0n) is 12.9. The van der Waals surface area contributed by atoms with Crippen molar-refractivity contribution in [2.24, 2.45) is 0 Å². The third-order valence-corrected chi connectivity index (χ3v) is 3.50. The molecule has 0 atom stereocenters. The maximum Gasteiger partial charge on any atom is 0.234 e. The summed E-state index contributed by atoms with van der Waals surface area (Å²) in [5, 5.41) is 2.85. The predicted molar refractivity (Wildman–Crippen MR) is 88.5 cm³/mol. The number of hydrogen-bond donors (Lipinski definition) is 1. The lowest BCUT2D eigenvalue weighted by Gasteiger charge is -2.17. The van der Waals surface area contributed by atoms with Crippen LogP contribution in [0.1, 0.15) is 37.0 Å². The summed E-state index contributed by atoms with van der Waals surface area (Å²) in [7, 11) is 1.89. The summed E-state index contributed by atoms with van der Waals surface area (Å²) >= 11 is 3.35. The monoisotopic (exact) mass is 354 g/mol. The number of ketones is 1. The molecule has 0 aliphatic heterocycles. The molecule has 0 aliphatic carbocycles. The number of benzene rings is 1. The van der Waals surface area contributed by atoms with Crippen molar-refractivity contribution >= 4 is 27.6 Å². The topological polar surface area (TPSA) is 49.4 Å². The van der Waals surface area contributed by atoms with E-state index in [2.05, 4.69) is 21.2 Å². The Hall–Kier alpha value is -1.20. The molecule has 4 nitrogen and oxygen atoms in total. The smallest absolute Gasteiger partial charge is 0.234 e. The number of rotatable bonds is 8. The molecule has 0 aliphatic rings. The van der Waals surface area contributed by atoms with Gasteiger partial charge in [-0.1, -0.05) is 28.1 Å². The van der Waals surface area contributed by atoms with Crippen LogP contribution in [0.25, 0.3) is 0 Å². The molecule has 0 saturated carbocycles. The fraction of sp³-hybridized carbons (Fsp3) is 0.500. The number of likely N-dealkylation sites (N-methyl/N-ethyl adjacent to an activating group) is 1. The van der Waals surface area contributed by atoms with E-state index in [-0.39, 0.29) is 17.7 Å². The summed E-state index contributed by atoms with van der Waals surface area (Å²) in [6, 6.07) is 7.55. The van der Waals surface area contributed by atoms with Crippen molar-refractivity contribution < 1.29 is 9.59 Å². The molecule has 21 heavy (non-hydrogen) atoms. The summed E-state index contributed by atoms with van der Waals surface area (Å²) in [5.74, 6) is 0.161. The minimum atomic E-state index is 0.0201. The fourth-order valence-corrected chi connectivity index (χ4v) is 2.25. The summed E-state index contributed by atoms with van der Waals surface area (Å²) in [5.41, 5.74) is 0.735. The first-order valence-electron chi connectivity index (χ1n) is 7.15. The molecule has 0 bridgehead atoms. The molecule has 1 N–H and O–H groups in total. The third-order valence-electron chi connectivity index (χ3n) is 2.97. The molecule has 0 saturated heterocycles. The second-order valence-corrected chi connectivity index (χ2v) is 6.41. The van der Waals surface area contributed by atoms with Gasteiger partial charge in [-0.25, -0.2) is 0 Å². The molecule has 116 valence electrons. The van der Waals surface area contributed by atoms with Gasteiger partial charge in [-0.2, -0.15) is 0 Å². The summed E-state index contributed by atoms with van der Waals surface area (Å²) in [6.45, 7) is 4.97. The lowest BCUT2D eigenvalue weighted by molar-refractivity contribution is -0.122. The van der Waals surface area contributed by atoms with Crippen LogP contribution in [0, 0.1) is 0 Å². The van der Waals surface area contributed by atoms with Crippen LogP contribution in [0.4, 0.5) is 0 Å². The first-order valence-corrected chi connectivity index (χ1v) is 7.94. The second kappa shape index (κ2) is 8.95. The molecule has 5 heteroatoms. The Morgan fingerprint density at radius 1 is 1.24 bits per heavy atom. The number of carbonyl (C=O) groups excluding carboxylic acids is 2. The fourth-order valence-electron chi connectivity index (χ4n) is 1.98. The van der Waals surface area contributed by atoms with Gasteiger partial charge in [-0.15, -0.1) is 0 Å². The highest BCUT2D eigenvalue weighted by Gasteiger charge is 2.09. The van der Waals surface area contributed by atoms with Gasteiger partial charge in [0.2, 0.25) is 5.91 Å². The molecular formula is C16H23BrN2O2. The van der Waals surface area contributed by atoms with Gasteiger partial charge in [0, 0.05) is 22.5 Å². The highest BCUT2D eigenvalue weighted by Crippen LogP contribution is 2.12. The normalized spacial score (nSPS) is 11.0. The standard InChI is InChI=1S/C16H23BrN2O2/c1-12(2)18-16(21)11-19(3)10-4-5-15(20)13-6-8-14(17)9-7-13/h6-9,12H,4-5,10-11H2,1-3H3,(H,18,21). The molecule has 1 aromatic rings. The van der Waals surface area contributed by atoms with E-state index in [9.17, 15) is 9.59 Å². The number of Topliss-reactive ketones (excluding diaryl/α,β-unsaturated/α-hetero) is 1. The van der Waals surface area contributed by atoms with E-state index in [0.717, 1.165) is 23.0 Å². The van der Waals surface area contributed by atoms with Gasteiger partial charge in [0.1, 0.15) is 0 Å². The number of nitrogens with one attached hydrogen (secondary N) is 1. The zero-order valence-corrected chi connectivity index (χ0v) is 14.4. The van der Waals surface area contributed by atoms with E-state index >= 15 is 0 Å². The molecule has 1 amide bonds. The number of hydrogen-bond acceptors (Lipinski definition) is 3. The molecule has 0 heterocycles. The Kier molecular flexibility index (Phi) is 7.61. The van der Waals surface area contributed by atoms with Gasteiger partial charge in [-0.05, 0) is 46.0 Å². The van der Waals surface area contributed by atoms with Crippen LogP contribution in [0.5, 0.6) is 0 Å². The van der Waals surface area contributed by atoms with Crippen molar-refractivity contribution in [3.8, 4) is 0 Å². The van der Waals surface area contributed by atoms with Crippen molar-refractivity contribution in [1.82, 2.24) is 10.2 Å². The van der Waals surface area contributed by atoms with Crippen LogP contribution in [-0.4, -0.2) is 42.8 Å². The summed E-state index contributed by atoms with van der Waals surface area (Å²) < 4.78 is 0.968. The summed E-state index contributed by atoms with van der Waals surface area (Å²) in [4.78, 5) is 25.5. The molecule has 0 spiro atoms. The van der Waals surface area contributed by atoms with Crippen LogP contribution < -0.4 is 5.32 Å². The van der Waals surface area contributed by atoms with Crippen molar-refractivity contribution in [3.63, 3.8) is 0 Å². The van der Waals surface area contributed by atoms with Gasteiger partial charge in [0.05, 0.1) is 6.54 Å². The number of amides is 1. The molecule has 1 rings (SSSR count). The van der Waals surface area contributed by atoms with Gasteiger partial charge >= 0.3 is 0 Å². The average molecular weight is 355 g/mol. The van der Waals surface area contributed by atoms with Crippen LogP contribution >= 0.6 is 15.9 Å². The van der Waals surface area contributed by atoms with Gasteiger partial charge in [-0.3, -0.25) is 14.5 Å². The number of nitrogens with zero attached hydrogens (tertiary/aromatic N) is 1. The minimum absolute atomic E-state index is 0.0201. The molecule has 0 aromatic heterocycles. The van der Waals surface area contributed by atoms with Crippen LogP contribution in [0.3, 0.4) is 0 Å². The Bertz CT molecular complexity index is 472. The number of halogens is 1. The predicted octanol–water partition coefficient (Wildman–Crippen LogP) is 2.87. The first-order chi connectivity index (χ1) is 9.88. The van der Waals surface area contributed by atoms with E-state index in [4.69, 9.17) is 0 Å². The first kappa shape index (κ1) is 17.9. The van der Waals surface area contributed by atoms with Gasteiger partial charge in [0.15, 0.2) is 5.78 Å². The van der Waals surface area contributed by atoms with Crippen LogP contribution in [0.15, 0.2) is 28.7 Å². The van der Waals surface area contributed by atoms with E-state index in [1.807, 2.05) is 50.1 Å². The Morgan fingerprint density at radius 2 is 1.86 bits per heavy atom. The van der Waals surface area contributed by atoms with E-state index < -0.39 is 0 Å². The maximum atomic E-state index is 12.0. The van der Waals surface area contributed by atoms with Gasteiger partial charge < -0.3 is 5.32 Å². The highest BCUT2D eigenvalue weighted by atomic mass is 79.9. The van der Waals surface area contributed by atoms with Crippen LogP contribution in [0.2, 0.25) is 0 Å². The van der Waals surface area contributed by atoms with Crippen molar-refractivity contribution in [1.29, 1.82) is 0 Å². The summed E-state index contributed by atoms with van der Waals surface area (Å²) in [6.07, 6.45) is 1.25. The Balaban J connectivity index is 2.28. The second-order valence-electron chi connectivity index (χ2n) is 5.49. The third kappa shape index (κ3) is 7.39. The van der Waals surface area contributed by atoms with Crippen molar-refractivity contribution in [2.45, 2.75) is 32.7 Å². The molecule has 1 aromatic carbocycles. The average Bonchev–Trinajstić information content (AvgIpc) is 2.38. The van der Waals surface area contributed by atoms with Crippen LogP contribution in [-0.2, 0) is 4.79 Å². The highest BCUT2D eigenvalue weighted by molar-refractivity contribution is 9.10. The lowest BCUT2D eigenvalue weighted by atomic mass is 10.1. The SMILES string of the molecule is CC(C)NC(=O)CN(C)CCCC(=O)c1ccc(Br)cc1. The van der Waals surface area contributed by atoms with E-state index in [1.54, 1.807) is 0 Å². The zero-order chi connectivity index (χ0) is 15.8. The van der Waals surface area contributed by atoms with Crippen molar-refractivity contribution in [3.05, 3.63) is 34.3 Å². The Labute approximate surface area is 135 Å². The molecule has 0 radical (unpaired) electrons. The molecule has 0 unspecified atom stereocenters. The maximum absolute atomic E-state index is 12.0. The largest absolute Gasteiger partial charge is 0.353 e. The quantitative estimate of drug-likeness (QED) is 0.730. The van der Waals surface area contributed by atoms with E-state index in [1.165, 1.54) is 0 Å². The number of carbonyl (C=O) groups is 2. The van der Waals surface area contributed by atoms with Gasteiger partial charge in [0.25, 0.3) is 0 Å². The minimum Gasteiger partial charge on any atom is -0.353 e. The Morgan fingerprint density at radius 3 is 2.43 bits per heavy atom.